The monoisotopic (exact) mass is 713 g/mol. The molecule has 0 saturated carbocycles. The Kier molecular flexibility index (Phi) is 11.6. The van der Waals surface area contributed by atoms with E-state index in [2.05, 4.69) is 44.7 Å². The van der Waals surface area contributed by atoms with Crippen molar-refractivity contribution in [3.05, 3.63) is 69.7 Å². The topological polar surface area (TPSA) is 115 Å². The minimum Gasteiger partial charge on any atom is -0.464 e. The van der Waals surface area contributed by atoms with Gasteiger partial charge in [0.05, 0.1) is 24.3 Å². The SMILES string of the molecule is C=CCCC1(C)CCN(c2c(C(OC(C)(C)C)C(=O)OCC)c(C)nc3cc(C(=O)NCC(=O)Cc4ccc(F)cc4Br)nn23)CC1. The number of ether oxygens (including phenoxy) is 2. The number of rotatable bonds is 13. The van der Waals surface area contributed by atoms with Gasteiger partial charge in [-0.1, -0.05) is 35.0 Å². The molecule has 2 aromatic heterocycles. The fraction of sp³-hybridized carbons (Fsp3) is 0.514. The third-order valence-electron chi connectivity index (χ3n) is 8.34. The van der Waals surface area contributed by atoms with Crippen LogP contribution in [0.25, 0.3) is 5.65 Å². The first kappa shape index (κ1) is 36.2. The van der Waals surface area contributed by atoms with Gasteiger partial charge < -0.3 is 19.7 Å². The summed E-state index contributed by atoms with van der Waals surface area (Å²) in [7, 11) is 0. The van der Waals surface area contributed by atoms with Crippen LogP contribution in [0.4, 0.5) is 10.2 Å². The van der Waals surface area contributed by atoms with Gasteiger partial charge in [0.2, 0.25) is 0 Å². The summed E-state index contributed by atoms with van der Waals surface area (Å²) in [5, 5.41) is 7.32. The molecular formula is C35H45BrFN5O5. The van der Waals surface area contributed by atoms with E-state index in [9.17, 15) is 18.8 Å². The summed E-state index contributed by atoms with van der Waals surface area (Å²) in [6, 6.07) is 5.68. The van der Waals surface area contributed by atoms with Gasteiger partial charge in [0.1, 0.15) is 11.6 Å². The summed E-state index contributed by atoms with van der Waals surface area (Å²) in [4.78, 5) is 46.4. The van der Waals surface area contributed by atoms with Crippen LogP contribution in [0.1, 0.15) is 93.7 Å². The molecular weight excluding hydrogens is 669 g/mol. The van der Waals surface area contributed by atoms with Crippen LogP contribution in [0.15, 0.2) is 41.4 Å². The zero-order chi connectivity index (χ0) is 34.5. The maximum absolute atomic E-state index is 13.5. The average molecular weight is 715 g/mol. The van der Waals surface area contributed by atoms with E-state index in [4.69, 9.17) is 14.5 Å². The first-order valence-electron chi connectivity index (χ1n) is 16.0. The molecule has 1 unspecified atom stereocenters. The van der Waals surface area contributed by atoms with Crippen molar-refractivity contribution in [2.45, 2.75) is 85.4 Å². The molecule has 1 saturated heterocycles. The number of nitrogens with one attached hydrogen (secondary N) is 1. The van der Waals surface area contributed by atoms with Crippen LogP contribution in [-0.4, -0.2) is 64.1 Å². The Morgan fingerprint density at radius 1 is 1.21 bits per heavy atom. The number of aromatic nitrogens is 3. The normalized spacial score (nSPS) is 15.4. The van der Waals surface area contributed by atoms with Crippen molar-refractivity contribution < 1.29 is 28.2 Å². The Bertz CT molecular complexity index is 1640. The third kappa shape index (κ3) is 9.04. The van der Waals surface area contributed by atoms with Crippen LogP contribution >= 0.6 is 15.9 Å². The number of carbonyl (C=O) groups excluding carboxylic acids is 3. The lowest BCUT2D eigenvalue weighted by Crippen LogP contribution is -2.41. The summed E-state index contributed by atoms with van der Waals surface area (Å²) in [5.41, 5.74) is 1.66. The molecule has 3 aromatic rings. The highest BCUT2D eigenvalue weighted by Gasteiger charge is 2.38. The number of nitrogens with zero attached hydrogens (tertiary/aromatic N) is 4. The van der Waals surface area contributed by atoms with Crippen LogP contribution < -0.4 is 10.2 Å². The van der Waals surface area contributed by atoms with Crippen molar-refractivity contribution in [2.24, 2.45) is 5.41 Å². The molecule has 1 amide bonds. The zero-order valence-electron chi connectivity index (χ0n) is 28.1. The van der Waals surface area contributed by atoms with E-state index in [0.717, 1.165) is 25.7 Å². The quantitative estimate of drug-likeness (QED) is 0.158. The summed E-state index contributed by atoms with van der Waals surface area (Å²) in [6.07, 6.45) is 4.67. The van der Waals surface area contributed by atoms with Gasteiger partial charge >= 0.3 is 5.97 Å². The highest BCUT2D eigenvalue weighted by Crippen LogP contribution is 2.41. The van der Waals surface area contributed by atoms with Crippen LogP contribution in [0.3, 0.4) is 0 Å². The Labute approximate surface area is 284 Å². The second-order valence-corrected chi connectivity index (χ2v) is 14.2. The molecule has 1 atom stereocenters. The Balaban J connectivity index is 1.70. The number of benzene rings is 1. The fourth-order valence-corrected chi connectivity index (χ4v) is 6.29. The highest BCUT2D eigenvalue weighted by molar-refractivity contribution is 9.10. The molecule has 1 aliphatic rings. The third-order valence-corrected chi connectivity index (χ3v) is 9.08. The molecule has 0 radical (unpaired) electrons. The smallest absolute Gasteiger partial charge is 0.340 e. The summed E-state index contributed by atoms with van der Waals surface area (Å²) in [5.74, 6) is -1.12. The largest absolute Gasteiger partial charge is 0.464 e. The minimum atomic E-state index is -1.08. The number of aryl methyl sites for hydroxylation is 1. The summed E-state index contributed by atoms with van der Waals surface area (Å²) >= 11 is 3.28. The van der Waals surface area contributed by atoms with Crippen molar-refractivity contribution in [3.63, 3.8) is 0 Å². The maximum atomic E-state index is 13.5. The zero-order valence-corrected chi connectivity index (χ0v) is 29.7. The number of hydrogen-bond acceptors (Lipinski definition) is 8. The van der Waals surface area contributed by atoms with Gasteiger partial charge in [0.25, 0.3) is 5.91 Å². The average Bonchev–Trinajstić information content (AvgIpc) is 3.42. The lowest BCUT2D eigenvalue weighted by atomic mass is 9.76. The van der Waals surface area contributed by atoms with E-state index in [0.29, 0.717) is 45.8 Å². The van der Waals surface area contributed by atoms with Gasteiger partial charge in [0.15, 0.2) is 23.2 Å². The van der Waals surface area contributed by atoms with Crippen LogP contribution in [-0.2, 0) is 25.5 Å². The fourth-order valence-electron chi connectivity index (χ4n) is 5.80. The molecule has 12 heteroatoms. The van der Waals surface area contributed by atoms with E-state index < -0.39 is 29.4 Å². The van der Waals surface area contributed by atoms with E-state index in [1.807, 2.05) is 33.8 Å². The Morgan fingerprint density at radius 3 is 2.53 bits per heavy atom. The van der Waals surface area contributed by atoms with Crippen molar-refractivity contribution in [1.82, 2.24) is 19.9 Å². The van der Waals surface area contributed by atoms with Crippen LogP contribution in [0.2, 0.25) is 0 Å². The number of allylic oxidation sites excluding steroid dienone is 1. The summed E-state index contributed by atoms with van der Waals surface area (Å²) < 4.78 is 27.4. The van der Waals surface area contributed by atoms with Crippen LogP contribution in [0.5, 0.6) is 0 Å². The van der Waals surface area contributed by atoms with Crippen molar-refractivity contribution in [3.8, 4) is 0 Å². The number of fused-ring (bicyclic) bond motifs is 1. The van der Waals surface area contributed by atoms with E-state index in [1.165, 1.54) is 18.2 Å². The van der Waals surface area contributed by atoms with Gasteiger partial charge in [-0.25, -0.2) is 14.2 Å². The van der Waals surface area contributed by atoms with Crippen LogP contribution in [0, 0.1) is 18.2 Å². The summed E-state index contributed by atoms with van der Waals surface area (Å²) in [6.45, 7) is 16.7. The van der Waals surface area contributed by atoms with Gasteiger partial charge in [-0.05, 0) is 83.4 Å². The predicted molar refractivity (Wildman–Crippen MR) is 182 cm³/mol. The second-order valence-electron chi connectivity index (χ2n) is 13.4. The molecule has 1 N–H and O–H groups in total. The molecule has 0 bridgehead atoms. The minimum absolute atomic E-state index is 0.0181. The molecule has 0 aliphatic carbocycles. The van der Waals surface area contributed by atoms with Gasteiger partial charge in [0, 0.05) is 35.7 Å². The number of Topliss-reactive ketones (excluding diaryl/α,β-unsaturated/α-hetero) is 1. The number of anilines is 1. The molecule has 1 aliphatic heterocycles. The van der Waals surface area contributed by atoms with Gasteiger partial charge in [-0.3, -0.25) is 9.59 Å². The van der Waals surface area contributed by atoms with Gasteiger partial charge in [-0.2, -0.15) is 9.61 Å². The number of hydrogen-bond donors (Lipinski definition) is 1. The number of ketones is 1. The molecule has 47 heavy (non-hydrogen) atoms. The second kappa shape index (κ2) is 15.1. The molecule has 1 aromatic carbocycles. The van der Waals surface area contributed by atoms with E-state index >= 15 is 0 Å². The molecule has 254 valence electrons. The predicted octanol–water partition coefficient (Wildman–Crippen LogP) is 6.47. The lowest BCUT2D eigenvalue weighted by molar-refractivity contribution is -0.166. The highest BCUT2D eigenvalue weighted by atomic mass is 79.9. The molecule has 3 heterocycles. The number of amides is 1. The molecule has 0 spiro atoms. The standard InChI is InChI=1S/C35H45BrFN5O5/c1-8-10-13-35(7)14-16-41(17-15-35)32-29(30(33(45)46-9-2)47-34(4,5)6)22(3)39-28-20-27(40-42(28)32)31(44)38-21-25(43)18-23-11-12-24(37)19-26(23)36/h8,11-12,19-20,30H,1,9-10,13-18,21H2,2-7H3,(H,38,44). The number of piperidine rings is 1. The maximum Gasteiger partial charge on any atom is 0.340 e. The molecule has 10 nitrogen and oxygen atoms in total. The number of esters is 1. The lowest BCUT2D eigenvalue weighted by Gasteiger charge is -2.41. The number of carbonyl (C=O) groups is 3. The first-order chi connectivity index (χ1) is 22.1. The molecule has 4 rings (SSSR count). The Morgan fingerprint density at radius 2 is 1.91 bits per heavy atom. The number of halogens is 2. The van der Waals surface area contributed by atoms with Crippen molar-refractivity contribution in [2.75, 3.05) is 31.1 Å². The first-order valence-corrected chi connectivity index (χ1v) is 16.8. The van der Waals surface area contributed by atoms with Crippen molar-refractivity contribution >= 4 is 45.1 Å². The van der Waals surface area contributed by atoms with Gasteiger partial charge in [-0.15, -0.1) is 6.58 Å². The van der Waals surface area contributed by atoms with Crippen molar-refractivity contribution in [1.29, 1.82) is 0 Å². The van der Waals surface area contributed by atoms with E-state index in [-0.39, 0.29) is 36.5 Å². The Hall–Kier alpha value is -3.64. The molecule has 1 fully saturated rings. The van der Waals surface area contributed by atoms with E-state index in [1.54, 1.807) is 17.5 Å².